The van der Waals surface area contributed by atoms with Crippen molar-refractivity contribution >= 4 is 5.69 Å². The summed E-state index contributed by atoms with van der Waals surface area (Å²) < 4.78 is 15.7. The van der Waals surface area contributed by atoms with Crippen LogP contribution in [0.1, 0.15) is 18.7 Å². The highest BCUT2D eigenvalue weighted by atomic mass is 19.1. The Hall–Kier alpha value is -2.35. The molecule has 0 radical (unpaired) electrons. The van der Waals surface area contributed by atoms with Crippen LogP contribution in [-0.2, 0) is 7.05 Å². The molecular formula is C12H14FN5O2. The molecule has 0 amide bonds. The number of benzene rings is 1. The highest BCUT2D eigenvalue weighted by molar-refractivity contribution is 5.66. The second-order valence-corrected chi connectivity index (χ2v) is 4.35. The lowest BCUT2D eigenvalue weighted by atomic mass is 10.1. The number of halogens is 1. The quantitative estimate of drug-likeness (QED) is 0.681. The minimum Gasteiger partial charge on any atom is -0.312 e. The molecule has 0 aliphatic rings. The summed E-state index contributed by atoms with van der Waals surface area (Å²) in [5.41, 5.74) is 0.461. The van der Waals surface area contributed by atoms with E-state index in [4.69, 9.17) is 0 Å². The summed E-state index contributed by atoms with van der Waals surface area (Å²) in [4.78, 5) is 10.0. The molecule has 0 aliphatic carbocycles. The Morgan fingerprint density at radius 2 is 2.20 bits per heavy atom. The molecule has 1 aromatic heterocycles. The molecular weight excluding hydrogens is 265 g/mol. The molecule has 1 atom stereocenters. The van der Waals surface area contributed by atoms with Gasteiger partial charge in [0.2, 0.25) is 5.82 Å². The topological polar surface area (TPSA) is 85.9 Å². The third-order valence-electron chi connectivity index (χ3n) is 3.14. The molecule has 20 heavy (non-hydrogen) atoms. The minimum atomic E-state index is -0.900. The molecule has 0 spiro atoms. The highest BCUT2D eigenvalue weighted by Gasteiger charge is 2.24. The van der Waals surface area contributed by atoms with Gasteiger partial charge in [-0.2, -0.15) is 4.39 Å². The van der Waals surface area contributed by atoms with Crippen LogP contribution in [0.3, 0.4) is 0 Å². The summed E-state index contributed by atoms with van der Waals surface area (Å²) in [6, 6.07) is 3.89. The zero-order chi connectivity index (χ0) is 14.9. The number of rotatable bonds is 4. The monoisotopic (exact) mass is 279 g/mol. The summed E-state index contributed by atoms with van der Waals surface area (Å²) in [7, 11) is 3.44. The molecule has 1 N–H and O–H groups in total. The van der Waals surface area contributed by atoms with Crippen molar-refractivity contribution in [3.63, 3.8) is 0 Å². The number of aryl methyl sites for hydroxylation is 1. The summed E-state index contributed by atoms with van der Waals surface area (Å²) in [5.74, 6) is -0.900. The van der Waals surface area contributed by atoms with Crippen LogP contribution in [0.5, 0.6) is 0 Å². The lowest BCUT2D eigenvalue weighted by molar-refractivity contribution is -0.387. The Labute approximate surface area is 114 Å². The molecule has 0 fully saturated rings. The van der Waals surface area contributed by atoms with E-state index < -0.39 is 16.4 Å². The fourth-order valence-electron chi connectivity index (χ4n) is 2.02. The van der Waals surface area contributed by atoms with Crippen molar-refractivity contribution in [2.45, 2.75) is 13.0 Å². The zero-order valence-electron chi connectivity index (χ0n) is 11.3. The number of hydrogen-bond donors (Lipinski definition) is 1. The fourth-order valence-corrected chi connectivity index (χ4v) is 2.02. The third-order valence-corrected chi connectivity index (χ3v) is 3.14. The number of nitro benzene ring substituents is 1. The Bertz CT molecular complexity index is 655. The fraction of sp³-hybridized carbons (Fsp3) is 0.333. The van der Waals surface area contributed by atoms with E-state index in [2.05, 4.69) is 15.6 Å². The van der Waals surface area contributed by atoms with E-state index in [9.17, 15) is 14.5 Å². The van der Waals surface area contributed by atoms with Gasteiger partial charge in [-0.1, -0.05) is 11.3 Å². The first-order chi connectivity index (χ1) is 9.47. The van der Waals surface area contributed by atoms with E-state index in [1.54, 1.807) is 14.1 Å². The lowest BCUT2D eigenvalue weighted by Crippen LogP contribution is -2.17. The molecule has 1 unspecified atom stereocenters. The SMILES string of the molecule is CNC(C)c1c(-c2cccc([N+](=O)[O-])c2F)nnn1C. The Balaban J connectivity index is 2.64. The van der Waals surface area contributed by atoms with Crippen LogP contribution in [0.4, 0.5) is 10.1 Å². The maximum Gasteiger partial charge on any atom is 0.305 e. The molecule has 0 saturated carbocycles. The predicted molar refractivity (Wildman–Crippen MR) is 70.5 cm³/mol. The summed E-state index contributed by atoms with van der Waals surface area (Å²) >= 11 is 0. The molecule has 8 heteroatoms. The van der Waals surface area contributed by atoms with Crippen LogP contribution < -0.4 is 5.32 Å². The highest BCUT2D eigenvalue weighted by Crippen LogP contribution is 2.31. The van der Waals surface area contributed by atoms with Gasteiger partial charge in [-0.3, -0.25) is 14.8 Å². The molecule has 1 aromatic carbocycles. The summed E-state index contributed by atoms with van der Waals surface area (Å²) in [6.45, 7) is 1.87. The van der Waals surface area contributed by atoms with Crippen LogP contribution in [0.25, 0.3) is 11.3 Å². The maximum absolute atomic E-state index is 14.2. The van der Waals surface area contributed by atoms with Crippen molar-refractivity contribution < 1.29 is 9.31 Å². The number of nitrogens with one attached hydrogen (secondary N) is 1. The van der Waals surface area contributed by atoms with Crippen molar-refractivity contribution in [1.29, 1.82) is 0 Å². The maximum atomic E-state index is 14.2. The van der Waals surface area contributed by atoms with Gasteiger partial charge in [0.05, 0.1) is 10.6 Å². The Kier molecular flexibility index (Phi) is 3.75. The van der Waals surface area contributed by atoms with Crippen molar-refractivity contribution in [2.75, 3.05) is 7.05 Å². The van der Waals surface area contributed by atoms with Crippen molar-refractivity contribution in [3.8, 4) is 11.3 Å². The molecule has 0 aliphatic heterocycles. The van der Waals surface area contributed by atoms with Gasteiger partial charge in [-0.15, -0.1) is 5.10 Å². The number of nitro groups is 1. The average molecular weight is 279 g/mol. The van der Waals surface area contributed by atoms with Gasteiger partial charge in [0.15, 0.2) is 0 Å². The van der Waals surface area contributed by atoms with Gasteiger partial charge >= 0.3 is 5.69 Å². The van der Waals surface area contributed by atoms with E-state index in [0.29, 0.717) is 11.4 Å². The number of nitrogens with zero attached hydrogens (tertiary/aromatic N) is 4. The van der Waals surface area contributed by atoms with Gasteiger partial charge in [-0.05, 0) is 20.0 Å². The Morgan fingerprint density at radius 1 is 1.50 bits per heavy atom. The number of hydrogen-bond acceptors (Lipinski definition) is 5. The van der Waals surface area contributed by atoms with Gasteiger partial charge in [-0.25, -0.2) is 0 Å². The average Bonchev–Trinajstić information content (AvgIpc) is 2.79. The van der Waals surface area contributed by atoms with Gasteiger partial charge in [0.25, 0.3) is 0 Å². The normalized spacial score (nSPS) is 12.4. The largest absolute Gasteiger partial charge is 0.312 e. The van der Waals surface area contributed by atoms with Crippen LogP contribution in [0, 0.1) is 15.9 Å². The summed E-state index contributed by atoms with van der Waals surface area (Å²) in [6.07, 6.45) is 0. The smallest absolute Gasteiger partial charge is 0.305 e. The second-order valence-electron chi connectivity index (χ2n) is 4.35. The zero-order valence-corrected chi connectivity index (χ0v) is 11.3. The van der Waals surface area contributed by atoms with Crippen LogP contribution >= 0.6 is 0 Å². The molecule has 0 bridgehead atoms. The van der Waals surface area contributed by atoms with E-state index in [1.165, 1.54) is 16.8 Å². The van der Waals surface area contributed by atoms with Crippen molar-refractivity contribution in [3.05, 3.63) is 39.8 Å². The molecule has 2 rings (SSSR count). The van der Waals surface area contributed by atoms with Crippen molar-refractivity contribution in [1.82, 2.24) is 20.3 Å². The van der Waals surface area contributed by atoms with E-state index >= 15 is 0 Å². The first-order valence-electron chi connectivity index (χ1n) is 5.97. The van der Waals surface area contributed by atoms with E-state index in [-0.39, 0.29) is 11.6 Å². The van der Waals surface area contributed by atoms with Crippen LogP contribution in [0.2, 0.25) is 0 Å². The minimum absolute atomic E-state index is 0.0735. The first kappa shape index (κ1) is 14.1. The van der Waals surface area contributed by atoms with Crippen LogP contribution in [-0.4, -0.2) is 27.0 Å². The molecule has 7 nitrogen and oxygen atoms in total. The molecule has 0 saturated heterocycles. The molecule has 2 aromatic rings. The summed E-state index contributed by atoms with van der Waals surface area (Å²) in [5, 5.41) is 21.6. The van der Waals surface area contributed by atoms with Gasteiger partial charge in [0.1, 0.15) is 5.69 Å². The lowest BCUT2D eigenvalue weighted by Gasteiger charge is -2.12. The second kappa shape index (κ2) is 5.33. The molecule has 1 heterocycles. The predicted octanol–water partition coefficient (Wildman–Crippen LogP) is 1.81. The third kappa shape index (κ3) is 2.25. The van der Waals surface area contributed by atoms with Crippen molar-refractivity contribution in [2.24, 2.45) is 7.05 Å². The molecule has 106 valence electrons. The van der Waals surface area contributed by atoms with Gasteiger partial charge < -0.3 is 5.32 Å². The Morgan fingerprint density at radius 3 is 2.80 bits per heavy atom. The van der Waals surface area contributed by atoms with Gasteiger partial charge in [0, 0.05) is 24.7 Å². The first-order valence-corrected chi connectivity index (χ1v) is 5.97. The van der Waals surface area contributed by atoms with Crippen LogP contribution in [0.15, 0.2) is 18.2 Å². The van der Waals surface area contributed by atoms with E-state index in [1.807, 2.05) is 6.92 Å². The van der Waals surface area contributed by atoms with E-state index in [0.717, 1.165) is 6.07 Å². The number of aromatic nitrogens is 3. The standard InChI is InChI=1S/C12H14FN5O2/c1-7(14-2)12-11(15-16-17(12)3)8-5-4-6-9(10(8)13)18(19)20/h4-7,14H,1-3H3.